The molecule has 6 heteroatoms. The first-order valence-corrected chi connectivity index (χ1v) is 6.73. The summed E-state index contributed by atoms with van der Waals surface area (Å²) in [7, 11) is 5.39. The van der Waals surface area contributed by atoms with Crippen LogP contribution >= 0.6 is 0 Å². The summed E-state index contributed by atoms with van der Waals surface area (Å²) in [5, 5.41) is 0. The summed E-state index contributed by atoms with van der Waals surface area (Å²) in [6.07, 6.45) is 2.54. The minimum absolute atomic E-state index is 0.411. The zero-order chi connectivity index (χ0) is 15.1. The van der Waals surface area contributed by atoms with Crippen molar-refractivity contribution in [3.05, 3.63) is 17.8 Å². The average Bonchev–Trinajstić information content (AvgIpc) is 2.42. The van der Waals surface area contributed by atoms with Crippen molar-refractivity contribution >= 4 is 17.5 Å². The summed E-state index contributed by atoms with van der Waals surface area (Å²) >= 11 is 0. The van der Waals surface area contributed by atoms with Crippen molar-refractivity contribution < 1.29 is 9.53 Å². The molecule has 0 bridgehead atoms. The van der Waals surface area contributed by atoms with Gasteiger partial charge in [0, 0.05) is 19.6 Å². The van der Waals surface area contributed by atoms with Gasteiger partial charge in [0.25, 0.3) is 0 Å². The number of hydrogen-bond donors (Lipinski definition) is 1. The fourth-order valence-electron chi connectivity index (χ4n) is 1.90. The van der Waals surface area contributed by atoms with Gasteiger partial charge in [0.15, 0.2) is 0 Å². The molecule has 0 radical (unpaired) electrons. The molecule has 0 unspecified atom stereocenters. The van der Waals surface area contributed by atoms with Gasteiger partial charge in [-0.1, -0.05) is 6.92 Å². The number of ether oxygens (including phenoxy) is 1. The summed E-state index contributed by atoms with van der Waals surface area (Å²) in [4.78, 5) is 20.4. The van der Waals surface area contributed by atoms with Gasteiger partial charge in [0.05, 0.1) is 19.0 Å². The van der Waals surface area contributed by atoms with Crippen LogP contribution in [0, 0.1) is 0 Å². The Balaban J connectivity index is 3.07. The monoisotopic (exact) mass is 280 g/mol. The molecule has 1 heterocycles. The molecule has 6 nitrogen and oxygen atoms in total. The van der Waals surface area contributed by atoms with Crippen LogP contribution in [0.1, 0.15) is 23.7 Å². The highest BCUT2D eigenvalue weighted by atomic mass is 16.5. The van der Waals surface area contributed by atoms with Crippen LogP contribution in [0.25, 0.3) is 0 Å². The molecule has 0 fully saturated rings. The molecular formula is C14H24N4O2. The molecule has 0 amide bonds. The number of aromatic nitrogens is 1. The van der Waals surface area contributed by atoms with Gasteiger partial charge in [-0.2, -0.15) is 0 Å². The number of likely N-dealkylation sites (N-methyl/N-ethyl adjacent to an activating group) is 1. The highest BCUT2D eigenvalue weighted by molar-refractivity contribution is 5.95. The van der Waals surface area contributed by atoms with Gasteiger partial charge in [-0.3, -0.25) is 0 Å². The van der Waals surface area contributed by atoms with Crippen LogP contribution in [0.4, 0.5) is 11.5 Å². The minimum Gasteiger partial charge on any atom is -0.465 e. The van der Waals surface area contributed by atoms with Crippen molar-refractivity contribution in [3.8, 4) is 0 Å². The number of esters is 1. The predicted octanol–water partition coefficient (Wildman–Crippen LogP) is 1.23. The van der Waals surface area contributed by atoms with Crippen molar-refractivity contribution in [2.75, 3.05) is 51.5 Å². The lowest BCUT2D eigenvalue weighted by Crippen LogP contribution is -2.34. The van der Waals surface area contributed by atoms with E-state index in [4.69, 9.17) is 10.5 Å². The SMILES string of the molecule is CCCN(CCN(C)C)c1ncc(N)cc1C(=O)OC. The Bertz CT molecular complexity index is 449. The molecule has 1 rings (SSSR count). The number of anilines is 2. The maximum absolute atomic E-state index is 11.9. The molecule has 1 aromatic heterocycles. The lowest BCUT2D eigenvalue weighted by Gasteiger charge is -2.26. The maximum Gasteiger partial charge on any atom is 0.341 e. The van der Waals surface area contributed by atoms with E-state index in [1.807, 2.05) is 14.1 Å². The Morgan fingerprint density at radius 3 is 2.60 bits per heavy atom. The molecule has 0 saturated carbocycles. The van der Waals surface area contributed by atoms with Crippen LogP contribution in [-0.4, -0.2) is 56.7 Å². The molecule has 0 saturated heterocycles. The van der Waals surface area contributed by atoms with Crippen LogP contribution in [0.3, 0.4) is 0 Å². The van der Waals surface area contributed by atoms with Gasteiger partial charge in [-0.15, -0.1) is 0 Å². The number of nitrogens with two attached hydrogens (primary N) is 1. The largest absolute Gasteiger partial charge is 0.465 e. The van der Waals surface area contributed by atoms with E-state index in [9.17, 15) is 4.79 Å². The van der Waals surface area contributed by atoms with E-state index < -0.39 is 5.97 Å². The quantitative estimate of drug-likeness (QED) is 0.757. The van der Waals surface area contributed by atoms with Crippen LogP contribution in [0.2, 0.25) is 0 Å². The molecular weight excluding hydrogens is 256 g/mol. The Hall–Kier alpha value is -1.82. The highest BCUT2D eigenvalue weighted by Crippen LogP contribution is 2.21. The third kappa shape index (κ3) is 4.38. The standard InChI is InChI=1S/C14H24N4O2/c1-5-6-18(8-7-17(2)3)13-12(14(19)20-4)9-11(15)10-16-13/h9-10H,5-8,15H2,1-4H3. The maximum atomic E-state index is 11.9. The van der Waals surface area contributed by atoms with Gasteiger partial charge in [0.2, 0.25) is 0 Å². The van der Waals surface area contributed by atoms with E-state index in [2.05, 4.69) is 21.7 Å². The van der Waals surface area contributed by atoms with Crippen molar-refractivity contribution in [1.29, 1.82) is 0 Å². The molecule has 0 aliphatic rings. The van der Waals surface area contributed by atoms with Crippen LogP contribution in [0.5, 0.6) is 0 Å². The normalized spacial score (nSPS) is 10.7. The molecule has 20 heavy (non-hydrogen) atoms. The summed E-state index contributed by atoms with van der Waals surface area (Å²) in [6.45, 7) is 4.60. The van der Waals surface area contributed by atoms with Gasteiger partial charge in [-0.25, -0.2) is 9.78 Å². The van der Waals surface area contributed by atoms with Gasteiger partial charge < -0.3 is 20.3 Å². The van der Waals surface area contributed by atoms with Crippen molar-refractivity contribution in [2.45, 2.75) is 13.3 Å². The number of carbonyl (C=O) groups is 1. The summed E-state index contributed by atoms with van der Waals surface area (Å²) in [5.41, 5.74) is 6.59. The zero-order valence-electron chi connectivity index (χ0n) is 12.7. The summed E-state index contributed by atoms with van der Waals surface area (Å²) in [5.74, 6) is 0.223. The van der Waals surface area contributed by atoms with E-state index in [-0.39, 0.29) is 0 Å². The Labute approximate surface area is 120 Å². The number of pyridine rings is 1. The van der Waals surface area contributed by atoms with Gasteiger partial charge in [0.1, 0.15) is 11.4 Å². The van der Waals surface area contributed by atoms with Crippen molar-refractivity contribution in [1.82, 2.24) is 9.88 Å². The average molecular weight is 280 g/mol. The van der Waals surface area contributed by atoms with E-state index in [0.717, 1.165) is 26.1 Å². The predicted molar refractivity (Wildman–Crippen MR) is 81.0 cm³/mol. The number of carbonyl (C=O) groups excluding carboxylic acids is 1. The first kappa shape index (κ1) is 16.2. The zero-order valence-corrected chi connectivity index (χ0v) is 12.7. The number of nitrogens with zero attached hydrogens (tertiary/aromatic N) is 3. The fourth-order valence-corrected chi connectivity index (χ4v) is 1.90. The van der Waals surface area contributed by atoms with Crippen LogP contribution < -0.4 is 10.6 Å². The van der Waals surface area contributed by atoms with Crippen LogP contribution in [0.15, 0.2) is 12.3 Å². The second-order valence-corrected chi connectivity index (χ2v) is 4.92. The third-order valence-corrected chi connectivity index (χ3v) is 2.90. The van der Waals surface area contributed by atoms with Crippen molar-refractivity contribution in [2.24, 2.45) is 0 Å². The lowest BCUT2D eigenvalue weighted by molar-refractivity contribution is 0.0601. The molecule has 112 valence electrons. The second-order valence-electron chi connectivity index (χ2n) is 4.92. The van der Waals surface area contributed by atoms with E-state index in [1.165, 1.54) is 7.11 Å². The van der Waals surface area contributed by atoms with E-state index in [1.54, 1.807) is 12.3 Å². The minimum atomic E-state index is -0.411. The third-order valence-electron chi connectivity index (χ3n) is 2.90. The first-order valence-electron chi connectivity index (χ1n) is 6.73. The Morgan fingerprint density at radius 1 is 1.35 bits per heavy atom. The molecule has 0 aliphatic carbocycles. The van der Waals surface area contributed by atoms with Gasteiger partial charge in [-0.05, 0) is 26.6 Å². The summed E-state index contributed by atoms with van der Waals surface area (Å²) in [6, 6.07) is 1.62. The van der Waals surface area contributed by atoms with E-state index >= 15 is 0 Å². The smallest absolute Gasteiger partial charge is 0.341 e. The van der Waals surface area contributed by atoms with Crippen molar-refractivity contribution in [3.63, 3.8) is 0 Å². The second kappa shape index (κ2) is 7.69. The number of nitrogen functional groups attached to an aromatic ring is 1. The molecule has 0 aliphatic heterocycles. The molecule has 0 atom stereocenters. The fraction of sp³-hybridized carbons (Fsp3) is 0.571. The van der Waals surface area contributed by atoms with Crippen LogP contribution in [-0.2, 0) is 4.74 Å². The number of hydrogen-bond acceptors (Lipinski definition) is 6. The first-order chi connectivity index (χ1) is 9.49. The molecule has 2 N–H and O–H groups in total. The number of rotatable bonds is 7. The summed E-state index contributed by atoms with van der Waals surface area (Å²) < 4.78 is 4.81. The molecule has 1 aromatic rings. The number of methoxy groups -OCH3 is 1. The Morgan fingerprint density at radius 2 is 2.05 bits per heavy atom. The lowest BCUT2D eigenvalue weighted by atomic mass is 10.2. The molecule has 0 aromatic carbocycles. The topological polar surface area (TPSA) is 71.7 Å². The molecule has 0 spiro atoms. The Kier molecular flexibility index (Phi) is 6.24. The van der Waals surface area contributed by atoms with Gasteiger partial charge >= 0.3 is 5.97 Å². The highest BCUT2D eigenvalue weighted by Gasteiger charge is 2.18. The van der Waals surface area contributed by atoms with E-state index in [0.29, 0.717) is 17.1 Å².